The molecule has 1 aliphatic rings. The molecule has 0 saturated carbocycles. The number of hydroxylamine groups is 3. The van der Waals surface area contributed by atoms with Crippen LogP contribution in [0.2, 0.25) is 0 Å². The van der Waals surface area contributed by atoms with Gasteiger partial charge in [-0.3, -0.25) is 4.65 Å². The molecule has 0 spiro atoms. The summed E-state index contributed by atoms with van der Waals surface area (Å²) in [6.45, 7) is 6.33. The molecule has 0 fully saturated rings. The molecule has 0 radical (unpaired) electrons. The molecule has 0 bridgehead atoms. The van der Waals surface area contributed by atoms with E-state index in [1.54, 1.807) is 18.2 Å². The summed E-state index contributed by atoms with van der Waals surface area (Å²) >= 11 is 0.275. The lowest BCUT2D eigenvalue weighted by atomic mass is 9.99. The quantitative estimate of drug-likeness (QED) is 0.473. The fourth-order valence-electron chi connectivity index (χ4n) is 2.44. The Morgan fingerprint density at radius 3 is 2.37 bits per heavy atom. The Labute approximate surface area is 117 Å². The predicted octanol–water partition coefficient (Wildman–Crippen LogP) is 2.85. The largest absolute Gasteiger partial charge is 0.621 e. The number of nitrogens with zero attached hydrogens (tertiary/aromatic N) is 1. The molecule has 0 saturated heterocycles. The highest BCUT2D eigenvalue weighted by atomic mass is 32.1. The van der Waals surface area contributed by atoms with Gasteiger partial charge in [0.05, 0.1) is 0 Å². The van der Waals surface area contributed by atoms with Gasteiger partial charge in [-0.1, -0.05) is 23.8 Å². The van der Waals surface area contributed by atoms with Crippen LogP contribution in [0.5, 0.6) is 0 Å². The number of hydrogen-bond donors (Lipinski definition) is 0. The first-order chi connectivity index (χ1) is 8.96. The summed E-state index contributed by atoms with van der Waals surface area (Å²) in [5.74, 6) is 0. The fourth-order valence-corrected chi connectivity index (χ4v) is 2.83. The van der Waals surface area contributed by atoms with Crippen molar-refractivity contribution in [3.05, 3.63) is 64.0 Å². The lowest BCUT2D eigenvalue weighted by Gasteiger charge is -2.39. The van der Waals surface area contributed by atoms with E-state index in [-0.39, 0.29) is 22.8 Å². The second kappa shape index (κ2) is 5.25. The van der Waals surface area contributed by atoms with Crippen molar-refractivity contribution in [1.29, 1.82) is 0 Å². The molecular weight excluding hydrogens is 258 g/mol. The number of hydrogen-bond acceptors (Lipinski definition) is 2. The molecule has 4 heteroatoms. The van der Waals surface area contributed by atoms with Crippen LogP contribution in [0.3, 0.4) is 0 Å². The summed E-state index contributed by atoms with van der Waals surface area (Å²) in [5, 5.41) is 12.8. The minimum Gasteiger partial charge on any atom is -0.621 e. The van der Waals surface area contributed by atoms with Crippen LogP contribution in [-0.4, -0.2) is 13.8 Å². The van der Waals surface area contributed by atoms with E-state index in [1.807, 2.05) is 20.8 Å². The first-order valence-electron chi connectivity index (χ1n) is 6.15. The predicted molar refractivity (Wildman–Crippen MR) is 79.4 cm³/mol. The lowest BCUT2D eigenvalue weighted by molar-refractivity contribution is -0.744. The Morgan fingerprint density at radius 1 is 1.16 bits per heavy atom. The highest BCUT2D eigenvalue weighted by molar-refractivity contribution is 7.66. The summed E-state index contributed by atoms with van der Waals surface area (Å²) in [4.78, 5) is 0.280. The molecule has 19 heavy (non-hydrogen) atoms. The Bertz CT molecular complexity index is 604. The summed E-state index contributed by atoms with van der Waals surface area (Å²) in [6.07, 6.45) is 6.55. The van der Waals surface area contributed by atoms with E-state index in [4.69, 9.17) is 0 Å². The van der Waals surface area contributed by atoms with Crippen LogP contribution in [0.4, 0.5) is 0 Å². The van der Waals surface area contributed by atoms with Gasteiger partial charge in [0.2, 0.25) is 4.99 Å². The summed E-state index contributed by atoms with van der Waals surface area (Å²) < 4.78 is 10.4. The van der Waals surface area contributed by atoms with Crippen LogP contribution in [0, 0.1) is 26.0 Å². The average molecular weight is 275 g/mol. The molecular formula is C15H17NO2S. The molecule has 1 unspecified atom stereocenters. The summed E-state index contributed by atoms with van der Waals surface area (Å²) in [6, 6.07) is 4.14. The molecule has 3 nitrogen and oxygen atoms in total. The molecule has 100 valence electrons. The van der Waals surface area contributed by atoms with Crippen molar-refractivity contribution < 1.29 is 8.86 Å². The minimum atomic E-state index is -0.699. The van der Waals surface area contributed by atoms with Crippen LogP contribution in [-0.2, 0) is 17.8 Å². The van der Waals surface area contributed by atoms with Crippen LogP contribution < -0.4 is 0 Å². The second-order valence-corrected chi connectivity index (χ2v) is 5.54. The van der Waals surface area contributed by atoms with E-state index in [0.29, 0.717) is 0 Å². The van der Waals surface area contributed by atoms with Gasteiger partial charge in [0.1, 0.15) is 12.7 Å². The highest BCUT2D eigenvalue weighted by Crippen LogP contribution is 2.24. The zero-order valence-electron chi connectivity index (χ0n) is 11.3. The normalized spacial score (nSPS) is 21.8. The van der Waals surface area contributed by atoms with Crippen molar-refractivity contribution in [3.63, 3.8) is 0 Å². The molecule has 2 rings (SSSR count). The van der Waals surface area contributed by atoms with Crippen molar-refractivity contribution in [1.82, 2.24) is 0 Å². The van der Waals surface area contributed by atoms with E-state index in [9.17, 15) is 9.42 Å². The van der Waals surface area contributed by atoms with Gasteiger partial charge in [-0.2, -0.15) is 0 Å². The van der Waals surface area contributed by atoms with E-state index in [2.05, 4.69) is 12.1 Å². The van der Waals surface area contributed by atoms with Gasteiger partial charge in [0.15, 0.2) is 11.3 Å². The van der Waals surface area contributed by atoms with E-state index in [1.165, 1.54) is 11.8 Å². The molecule has 1 atom stereocenters. The van der Waals surface area contributed by atoms with Gasteiger partial charge in [0, 0.05) is 11.6 Å². The monoisotopic (exact) mass is 275 g/mol. The maximum absolute atomic E-state index is 12.8. The van der Waals surface area contributed by atoms with E-state index < -0.39 is 4.65 Å². The lowest BCUT2D eigenvalue weighted by Crippen LogP contribution is -2.42. The Hall–Kier alpha value is -1.49. The first kappa shape index (κ1) is 13.9. The number of allylic oxidation sites excluding steroid dienone is 2. The second-order valence-electron chi connectivity index (χ2n) is 4.95. The third kappa shape index (κ3) is 2.76. The van der Waals surface area contributed by atoms with Gasteiger partial charge in [-0.05, 0) is 38.0 Å². The SMILES string of the molecule is Cc1cc(C)c(C[N+]2([O-])C=CC=CC2=S=O)c(C)c1. The third-order valence-corrected chi connectivity index (χ3v) is 3.98. The standard InChI is InChI=1S/C15H17NO2S/c1-11-8-12(2)14(13(3)9-11)10-16(17)7-5-4-6-15(16)19-18/h4-9H,10H2,1-3H3. The van der Waals surface area contributed by atoms with Crippen LogP contribution in [0.15, 0.2) is 36.6 Å². The molecule has 1 heterocycles. The molecule has 1 aliphatic heterocycles. The topological polar surface area (TPSA) is 40.1 Å². The van der Waals surface area contributed by atoms with Crippen molar-refractivity contribution in [2.75, 3.05) is 0 Å². The molecule has 0 amide bonds. The van der Waals surface area contributed by atoms with E-state index >= 15 is 0 Å². The van der Waals surface area contributed by atoms with Gasteiger partial charge in [-0.15, -0.1) is 0 Å². The fraction of sp³-hybridized carbons (Fsp3) is 0.267. The highest BCUT2D eigenvalue weighted by Gasteiger charge is 2.24. The molecule has 1 aromatic carbocycles. The van der Waals surface area contributed by atoms with Gasteiger partial charge in [0.25, 0.3) is 0 Å². The number of aryl methyl sites for hydroxylation is 3. The zero-order valence-corrected chi connectivity index (χ0v) is 12.2. The van der Waals surface area contributed by atoms with Crippen molar-refractivity contribution in [3.8, 4) is 0 Å². The van der Waals surface area contributed by atoms with Gasteiger partial charge >= 0.3 is 0 Å². The number of benzene rings is 1. The smallest absolute Gasteiger partial charge is 0.231 e. The van der Waals surface area contributed by atoms with Gasteiger partial charge < -0.3 is 5.21 Å². The maximum atomic E-state index is 12.8. The van der Waals surface area contributed by atoms with Crippen LogP contribution in [0.25, 0.3) is 0 Å². The number of quaternary nitrogens is 1. The maximum Gasteiger partial charge on any atom is 0.231 e. The van der Waals surface area contributed by atoms with Crippen LogP contribution >= 0.6 is 0 Å². The summed E-state index contributed by atoms with van der Waals surface area (Å²) in [7, 11) is 0. The Morgan fingerprint density at radius 2 is 1.79 bits per heavy atom. The Balaban J connectivity index is 2.44. The van der Waals surface area contributed by atoms with Crippen molar-refractivity contribution in [2.24, 2.45) is 0 Å². The number of rotatable bonds is 2. The van der Waals surface area contributed by atoms with E-state index in [0.717, 1.165) is 16.7 Å². The van der Waals surface area contributed by atoms with Crippen LogP contribution in [0.1, 0.15) is 22.3 Å². The van der Waals surface area contributed by atoms with Crippen molar-refractivity contribution >= 4 is 16.2 Å². The zero-order chi connectivity index (χ0) is 14.0. The molecule has 0 N–H and O–H groups in total. The van der Waals surface area contributed by atoms with Crippen molar-refractivity contribution in [2.45, 2.75) is 27.3 Å². The summed E-state index contributed by atoms with van der Waals surface area (Å²) in [5.41, 5.74) is 4.41. The molecule has 0 aromatic heterocycles. The van der Waals surface area contributed by atoms with Gasteiger partial charge in [-0.25, -0.2) is 4.21 Å². The molecule has 1 aromatic rings. The average Bonchev–Trinajstić information content (AvgIpc) is 2.34. The third-order valence-electron chi connectivity index (χ3n) is 3.37. The first-order valence-corrected chi connectivity index (χ1v) is 6.89. The minimum absolute atomic E-state index is 0.267. The molecule has 0 aliphatic carbocycles. The Kier molecular flexibility index (Phi) is 3.85.